The molecule has 1 aliphatic heterocycles. The van der Waals surface area contributed by atoms with E-state index in [2.05, 4.69) is 35.6 Å². The molecule has 1 aromatic rings. The molecule has 0 aliphatic carbocycles. The van der Waals surface area contributed by atoms with E-state index in [1.165, 1.54) is 36.5 Å². The van der Waals surface area contributed by atoms with E-state index in [-0.39, 0.29) is 0 Å². The Labute approximate surface area is 98.3 Å². The van der Waals surface area contributed by atoms with Crippen LogP contribution in [-0.4, -0.2) is 16.1 Å². The number of hydrogen-bond acceptors (Lipinski definition) is 2. The molecule has 0 fully saturated rings. The smallest absolute Gasteiger partial charge is 0.106 e. The van der Waals surface area contributed by atoms with Gasteiger partial charge in [-0.05, 0) is 20.3 Å². The van der Waals surface area contributed by atoms with Crippen LogP contribution < -0.4 is 5.32 Å². The summed E-state index contributed by atoms with van der Waals surface area (Å²) >= 11 is 0. The van der Waals surface area contributed by atoms with E-state index in [9.17, 15) is 0 Å². The van der Waals surface area contributed by atoms with E-state index in [1.54, 1.807) is 0 Å². The Bertz CT molecular complexity index is 354. The third kappa shape index (κ3) is 2.14. The number of rotatable bonds is 4. The molecule has 1 aliphatic rings. The largest absolute Gasteiger partial charge is 0.329 e. The fourth-order valence-corrected chi connectivity index (χ4v) is 2.68. The minimum atomic E-state index is 0.606. The number of nitrogens with one attached hydrogen (secondary N) is 1. The molecule has 3 heteroatoms. The van der Waals surface area contributed by atoms with E-state index >= 15 is 0 Å². The highest BCUT2D eigenvalue weighted by molar-refractivity contribution is 5.20. The van der Waals surface area contributed by atoms with Gasteiger partial charge in [0.25, 0.3) is 0 Å². The van der Waals surface area contributed by atoms with Crippen LogP contribution >= 0.6 is 0 Å². The lowest BCUT2D eigenvalue weighted by Crippen LogP contribution is -2.25. The normalized spacial score (nSPS) is 17.2. The van der Waals surface area contributed by atoms with E-state index in [0.29, 0.717) is 6.04 Å². The maximum atomic E-state index is 4.68. The standard InChI is InChI=1S/C13H23N3/c1-4-5-6-10(2)16-11(3)15-12-9-14-8-7-13(12)16/h10,14H,4-9H2,1-3H3. The van der Waals surface area contributed by atoms with Crippen LogP contribution in [0, 0.1) is 6.92 Å². The Morgan fingerprint density at radius 3 is 3.06 bits per heavy atom. The van der Waals surface area contributed by atoms with E-state index in [1.807, 2.05) is 0 Å². The first-order chi connectivity index (χ1) is 7.74. The van der Waals surface area contributed by atoms with Gasteiger partial charge in [-0.1, -0.05) is 19.8 Å². The van der Waals surface area contributed by atoms with Crippen molar-refractivity contribution in [2.75, 3.05) is 6.54 Å². The lowest BCUT2D eigenvalue weighted by atomic mass is 10.1. The lowest BCUT2D eigenvalue weighted by Gasteiger charge is -2.21. The zero-order valence-electron chi connectivity index (χ0n) is 10.7. The summed E-state index contributed by atoms with van der Waals surface area (Å²) in [5.74, 6) is 1.19. The van der Waals surface area contributed by atoms with Gasteiger partial charge in [-0.15, -0.1) is 0 Å². The monoisotopic (exact) mass is 221 g/mol. The summed E-state index contributed by atoms with van der Waals surface area (Å²) in [6.07, 6.45) is 4.99. The summed E-state index contributed by atoms with van der Waals surface area (Å²) in [6, 6.07) is 0.606. The van der Waals surface area contributed by atoms with Gasteiger partial charge in [-0.2, -0.15) is 0 Å². The van der Waals surface area contributed by atoms with Gasteiger partial charge in [-0.3, -0.25) is 0 Å². The van der Waals surface area contributed by atoms with E-state index < -0.39 is 0 Å². The predicted octanol–water partition coefficient (Wildman–Crippen LogP) is 2.59. The zero-order chi connectivity index (χ0) is 11.5. The molecule has 2 heterocycles. The molecule has 90 valence electrons. The number of imidazole rings is 1. The van der Waals surface area contributed by atoms with Gasteiger partial charge >= 0.3 is 0 Å². The molecule has 1 aromatic heterocycles. The maximum absolute atomic E-state index is 4.68. The number of aromatic nitrogens is 2. The summed E-state index contributed by atoms with van der Waals surface area (Å²) in [4.78, 5) is 4.68. The Balaban J connectivity index is 2.22. The van der Waals surface area contributed by atoms with Crippen LogP contribution in [0.4, 0.5) is 0 Å². The second-order valence-electron chi connectivity index (χ2n) is 4.84. The van der Waals surface area contributed by atoms with Crippen molar-refractivity contribution in [3.63, 3.8) is 0 Å². The van der Waals surface area contributed by atoms with Crippen molar-refractivity contribution >= 4 is 0 Å². The van der Waals surface area contributed by atoms with Crippen LogP contribution in [0.2, 0.25) is 0 Å². The quantitative estimate of drug-likeness (QED) is 0.847. The fraction of sp³-hybridized carbons (Fsp3) is 0.769. The highest BCUT2D eigenvalue weighted by Crippen LogP contribution is 2.23. The van der Waals surface area contributed by atoms with E-state index in [0.717, 1.165) is 19.5 Å². The van der Waals surface area contributed by atoms with Crippen molar-refractivity contribution in [3.8, 4) is 0 Å². The minimum absolute atomic E-state index is 0.606. The summed E-state index contributed by atoms with van der Waals surface area (Å²) in [6.45, 7) is 8.77. The third-order valence-electron chi connectivity index (χ3n) is 3.52. The van der Waals surface area contributed by atoms with Gasteiger partial charge in [0.2, 0.25) is 0 Å². The van der Waals surface area contributed by atoms with Crippen molar-refractivity contribution < 1.29 is 0 Å². The molecule has 0 saturated carbocycles. The fourth-order valence-electron chi connectivity index (χ4n) is 2.68. The molecular weight excluding hydrogens is 198 g/mol. The summed E-state index contributed by atoms with van der Waals surface area (Å²) < 4.78 is 2.46. The number of unbranched alkanes of at least 4 members (excludes halogenated alkanes) is 1. The number of fused-ring (bicyclic) bond motifs is 1. The molecule has 2 rings (SSSR count). The number of hydrogen-bond donors (Lipinski definition) is 1. The second-order valence-corrected chi connectivity index (χ2v) is 4.84. The first-order valence-corrected chi connectivity index (χ1v) is 6.51. The van der Waals surface area contributed by atoms with Crippen molar-refractivity contribution in [3.05, 3.63) is 17.2 Å². The second kappa shape index (κ2) is 5.00. The molecule has 3 nitrogen and oxygen atoms in total. The lowest BCUT2D eigenvalue weighted by molar-refractivity contribution is 0.455. The average molecular weight is 221 g/mol. The molecule has 0 bridgehead atoms. The Morgan fingerprint density at radius 2 is 2.31 bits per heavy atom. The van der Waals surface area contributed by atoms with Crippen molar-refractivity contribution in [2.24, 2.45) is 0 Å². The van der Waals surface area contributed by atoms with Crippen LogP contribution in [0.15, 0.2) is 0 Å². The van der Waals surface area contributed by atoms with E-state index in [4.69, 9.17) is 0 Å². The molecule has 0 aromatic carbocycles. The highest BCUT2D eigenvalue weighted by Gasteiger charge is 2.20. The molecule has 1 unspecified atom stereocenters. The molecule has 0 saturated heterocycles. The van der Waals surface area contributed by atoms with Gasteiger partial charge in [0.15, 0.2) is 0 Å². The molecule has 1 atom stereocenters. The number of aryl methyl sites for hydroxylation is 1. The van der Waals surface area contributed by atoms with Gasteiger partial charge in [0.05, 0.1) is 5.69 Å². The Hall–Kier alpha value is -0.830. The first kappa shape index (κ1) is 11.6. The summed E-state index contributed by atoms with van der Waals surface area (Å²) in [7, 11) is 0. The average Bonchev–Trinajstić information content (AvgIpc) is 2.62. The summed E-state index contributed by atoms with van der Waals surface area (Å²) in [5.41, 5.74) is 2.74. The van der Waals surface area contributed by atoms with Crippen molar-refractivity contribution in [1.82, 2.24) is 14.9 Å². The molecule has 0 spiro atoms. The van der Waals surface area contributed by atoms with Crippen molar-refractivity contribution in [1.29, 1.82) is 0 Å². The Kier molecular flexibility index (Phi) is 3.64. The topological polar surface area (TPSA) is 29.9 Å². The zero-order valence-corrected chi connectivity index (χ0v) is 10.7. The van der Waals surface area contributed by atoms with Gasteiger partial charge in [0, 0.05) is 31.2 Å². The molecule has 16 heavy (non-hydrogen) atoms. The molecule has 1 N–H and O–H groups in total. The van der Waals surface area contributed by atoms with Gasteiger partial charge in [-0.25, -0.2) is 4.98 Å². The minimum Gasteiger partial charge on any atom is -0.329 e. The SMILES string of the molecule is CCCCC(C)n1c(C)nc2c1CCNC2. The number of nitrogens with zero attached hydrogens (tertiary/aromatic N) is 2. The molecule has 0 radical (unpaired) electrons. The van der Waals surface area contributed by atoms with Crippen LogP contribution in [0.1, 0.15) is 56.4 Å². The van der Waals surface area contributed by atoms with Crippen LogP contribution in [0.3, 0.4) is 0 Å². The predicted molar refractivity (Wildman–Crippen MR) is 66.6 cm³/mol. The van der Waals surface area contributed by atoms with Crippen LogP contribution in [0.25, 0.3) is 0 Å². The first-order valence-electron chi connectivity index (χ1n) is 6.51. The Morgan fingerprint density at radius 1 is 1.50 bits per heavy atom. The maximum Gasteiger partial charge on any atom is 0.106 e. The van der Waals surface area contributed by atoms with Crippen LogP contribution in [-0.2, 0) is 13.0 Å². The molecule has 0 amide bonds. The van der Waals surface area contributed by atoms with Crippen molar-refractivity contribution in [2.45, 2.75) is 59.0 Å². The van der Waals surface area contributed by atoms with Gasteiger partial charge in [0.1, 0.15) is 5.82 Å². The summed E-state index contributed by atoms with van der Waals surface area (Å²) in [5, 5.41) is 3.39. The van der Waals surface area contributed by atoms with Crippen LogP contribution in [0.5, 0.6) is 0 Å². The third-order valence-corrected chi connectivity index (χ3v) is 3.52. The van der Waals surface area contributed by atoms with Gasteiger partial charge < -0.3 is 9.88 Å². The molecular formula is C13H23N3. The highest BCUT2D eigenvalue weighted by atomic mass is 15.1.